The number of benzene rings is 1. The number of urea groups is 1. The van der Waals surface area contributed by atoms with Crippen molar-refractivity contribution in [2.75, 3.05) is 13.7 Å². The lowest BCUT2D eigenvalue weighted by atomic mass is 10.2. The van der Waals surface area contributed by atoms with Crippen LogP contribution in [0.2, 0.25) is 5.02 Å². The molecule has 1 aliphatic heterocycles. The zero-order valence-corrected chi connectivity index (χ0v) is 13.9. The number of nitrogens with one attached hydrogen (secondary N) is 1. The third-order valence-electron chi connectivity index (χ3n) is 2.95. The molecule has 1 fully saturated rings. The zero-order valence-electron chi connectivity index (χ0n) is 11.6. The number of carbonyl (C=O) groups excluding carboxylic acids is 2. The Labute approximate surface area is 136 Å². The van der Waals surface area contributed by atoms with E-state index in [0.29, 0.717) is 33.8 Å². The molecule has 0 saturated carbocycles. The van der Waals surface area contributed by atoms with Gasteiger partial charge in [0.1, 0.15) is 5.70 Å². The van der Waals surface area contributed by atoms with Crippen LogP contribution in [-0.4, -0.2) is 30.5 Å². The molecule has 1 aromatic rings. The highest BCUT2D eigenvalue weighted by Gasteiger charge is 2.32. The van der Waals surface area contributed by atoms with Gasteiger partial charge in [-0.05, 0) is 46.1 Å². The minimum absolute atomic E-state index is 0.238. The molecular formula is C14H14BrClN2O3. The summed E-state index contributed by atoms with van der Waals surface area (Å²) in [7, 11) is 1.52. The number of nitrogens with zero attached hydrogens (tertiary/aromatic N) is 1. The highest BCUT2D eigenvalue weighted by atomic mass is 79.9. The van der Waals surface area contributed by atoms with E-state index in [0.717, 1.165) is 0 Å². The average molecular weight is 374 g/mol. The molecule has 0 aliphatic carbocycles. The van der Waals surface area contributed by atoms with Crippen molar-refractivity contribution >= 4 is 45.5 Å². The number of imide groups is 1. The molecule has 0 radical (unpaired) electrons. The lowest BCUT2D eigenvalue weighted by molar-refractivity contribution is -0.122. The van der Waals surface area contributed by atoms with Crippen LogP contribution in [0.15, 0.2) is 22.3 Å². The SMILES string of the molecule is CCCN1C(=O)N/C(=C/c2cc(Cl)c(OC)c(Br)c2)C1=O. The van der Waals surface area contributed by atoms with Gasteiger partial charge in [-0.25, -0.2) is 4.79 Å². The number of hydrogen-bond donors (Lipinski definition) is 1. The maximum atomic E-state index is 12.1. The normalized spacial score (nSPS) is 16.6. The third-order valence-corrected chi connectivity index (χ3v) is 3.82. The lowest BCUT2D eigenvalue weighted by Crippen LogP contribution is -2.31. The van der Waals surface area contributed by atoms with Crippen molar-refractivity contribution in [1.29, 1.82) is 0 Å². The van der Waals surface area contributed by atoms with Crippen molar-refractivity contribution in [1.82, 2.24) is 10.2 Å². The highest BCUT2D eigenvalue weighted by molar-refractivity contribution is 9.10. The summed E-state index contributed by atoms with van der Waals surface area (Å²) in [5, 5.41) is 2.98. The number of methoxy groups -OCH3 is 1. The van der Waals surface area contributed by atoms with Crippen LogP contribution in [0.4, 0.5) is 4.79 Å². The van der Waals surface area contributed by atoms with Gasteiger partial charge in [-0.15, -0.1) is 0 Å². The molecule has 1 saturated heterocycles. The van der Waals surface area contributed by atoms with E-state index in [9.17, 15) is 9.59 Å². The molecule has 0 spiro atoms. The fourth-order valence-corrected chi connectivity index (χ4v) is 3.08. The average Bonchev–Trinajstić information content (AvgIpc) is 2.66. The second kappa shape index (κ2) is 6.49. The predicted octanol–water partition coefficient (Wildman–Crippen LogP) is 3.41. The van der Waals surface area contributed by atoms with Crippen LogP contribution in [-0.2, 0) is 4.79 Å². The molecule has 7 heteroatoms. The summed E-state index contributed by atoms with van der Waals surface area (Å²) < 4.78 is 5.82. The quantitative estimate of drug-likeness (QED) is 0.650. The minimum Gasteiger partial charge on any atom is -0.494 e. The number of hydrogen-bond acceptors (Lipinski definition) is 3. The van der Waals surface area contributed by atoms with Crippen LogP contribution in [0.5, 0.6) is 5.75 Å². The molecule has 1 aliphatic rings. The topological polar surface area (TPSA) is 58.6 Å². The molecule has 1 heterocycles. The summed E-state index contributed by atoms with van der Waals surface area (Å²) in [4.78, 5) is 25.0. The molecule has 0 bridgehead atoms. The molecule has 1 aromatic carbocycles. The molecule has 112 valence electrons. The van der Waals surface area contributed by atoms with Gasteiger partial charge >= 0.3 is 6.03 Å². The minimum atomic E-state index is -0.397. The van der Waals surface area contributed by atoms with Gasteiger partial charge in [-0.3, -0.25) is 9.69 Å². The van der Waals surface area contributed by atoms with Gasteiger partial charge in [0.05, 0.1) is 16.6 Å². The van der Waals surface area contributed by atoms with Crippen LogP contribution >= 0.6 is 27.5 Å². The Bertz CT molecular complexity index is 608. The highest BCUT2D eigenvalue weighted by Crippen LogP contribution is 2.34. The molecular weight excluding hydrogens is 360 g/mol. The van der Waals surface area contributed by atoms with Crippen molar-refractivity contribution in [3.05, 3.63) is 32.9 Å². The van der Waals surface area contributed by atoms with Gasteiger partial charge in [-0.1, -0.05) is 18.5 Å². The second-order valence-electron chi connectivity index (χ2n) is 4.46. The summed E-state index contributed by atoms with van der Waals surface area (Å²) in [6, 6.07) is 3.03. The number of ether oxygens (including phenoxy) is 1. The number of rotatable bonds is 4. The molecule has 0 aromatic heterocycles. The van der Waals surface area contributed by atoms with Crippen molar-refractivity contribution in [2.45, 2.75) is 13.3 Å². The summed E-state index contributed by atoms with van der Waals surface area (Å²) in [6.45, 7) is 2.30. The molecule has 0 atom stereocenters. The molecule has 0 unspecified atom stereocenters. The number of amides is 3. The molecule has 3 amide bonds. The van der Waals surface area contributed by atoms with Crippen molar-refractivity contribution in [3.8, 4) is 5.75 Å². The Morgan fingerprint density at radius 1 is 1.43 bits per heavy atom. The first-order chi connectivity index (χ1) is 9.97. The Hall–Kier alpha value is -1.53. The van der Waals surface area contributed by atoms with Crippen LogP contribution in [0.25, 0.3) is 6.08 Å². The van der Waals surface area contributed by atoms with Crippen molar-refractivity contribution in [3.63, 3.8) is 0 Å². The van der Waals surface area contributed by atoms with E-state index < -0.39 is 6.03 Å². The first-order valence-corrected chi connectivity index (χ1v) is 7.52. The maximum absolute atomic E-state index is 12.1. The van der Waals surface area contributed by atoms with Gasteiger partial charge < -0.3 is 10.1 Å². The Kier molecular flexibility index (Phi) is 4.90. The lowest BCUT2D eigenvalue weighted by Gasteiger charge is -2.09. The van der Waals surface area contributed by atoms with E-state index >= 15 is 0 Å². The van der Waals surface area contributed by atoms with Gasteiger partial charge in [0, 0.05) is 6.54 Å². The zero-order chi connectivity index (χ0) is 15.6. The monoisotopic (exact) mass is 372 g/mol. The molecule has 2 rings (SSSR count). The molecule has 1 N–H and O–H groups in total. The fraction of sp³-hybridized carbons (Fsp3) is 0.286. The number of carbonyl (C=O) groups is 2. The van der Waals surface area contributed by atoms with Crippen LogP contribution in [0, 0.1) is 0 Å². The van der Waals surface area contributed by atoms with Crippen LogP contribution in [0.1, 0.15) is 18.9 Å². The van der Waals surface area contributed by atoms with Gasteiger partial charge in [0.25, 0.3) is 5.91 Å². The largest absolute Gasteiger partial charge is 0.494 e. The summed E-state index contributed by atoms with van der Waals surface area (Å²) in [5.41, 5.74) is 0.927. The Morgan fingerprint density at radius 3 is 2.71 bits per heavy atom. The summed E-state index contributed by atoms with van der Waals surface area (Å²) in [6.07, 6.45) is 2.30. The third kappa shape index (κ3) is 3.22. The van der Waals surface area contributed by atoms with E-state index in [1.54, 1.807) is 18.2 Å². The Morgan fingerprint density at radius 2 is 2.14 bits per heavy atom. The van der Waals surface area contributed by atoms with E-state index in [2.05, 4.69) is 21.2 Å². The summed E-state index contributed by atoms with van der Waals surface area (Å²) in [5.74, 6) is 0.193. The second-order valence-corrected chi connectivity index (χ2v) is 5.72. The predicted molar refractivity (Wildman–Crippen MR) is 84.2 cm³/mol. The van der Waals surface area contributed by atoms with Gasteiger partial charge in [0.2, 0.25) is 0 Å². The van der Waals surface area contributed by atoms with E-state index in [1.165, 1.54) is 12.0 Å². The van der Waals surface area contributed by atoms with E-state index in [4.69, 9.17) is 16.3 Å². The molecule has 5 nitrogen and oxygen atoms in total. The molecule has 21 heavy (non-hydrogen) atoms. The first-order valence-electron chi connectivity index (χ1n) is 6.35. The fourth-order valence-electron chi connectivity index (χ4n) is 2.02. The van der Waals surface area contributed by atoms with Gasteiger partial charge in [-0.2, -0.15) is 0 Å². The van der Waals surface area contributed by atoms with Crippen molar-refractivity contribution in [2.24, 2.45) is 0 Å². The smallest absolute Gasteiger partial charge is 0.329 e. The van der Waals surface area contributed by atoms with Crippen LogP contribution < -0.4 is 10.1 Å². The van der Waals surface area contributed by atoms with E-state index in [1.807, 2.05) is 6.92 Å². The van der Waals surface area contributed by atoms with E-state index in [-0.39, 0.29) is 11.6 Å². The Balaban J connectivity index is 2.33. The van der Waals surface area contributed by atoms with Gasteiger partial charge in [0.15, 0.2) is 5.75 Å². The maximum Gasteiger partial charge on any atom is 0.329 e. The summed E-state index contributed by atoms with van der Waals surface area (Å²) >= 11 is 9.45. The number of halogens is 2. The van der Waals surface area contributed by atoms with Crippen molar-refractivity contribution < 1.29 is 14.3 Å². The van der Waals surface area contributed by atoms with Crippen LogP contribution in [0.3, 0.4) is 0 Å². The first kappa shape index (κ1) is 15.9. The standard InChI is InChI=1S/C14H14BrClN2O3/c1-3-4-18-13(19)11(17-14(18)20)7-8-5-9(15)12(21-2)10(16)6-8/h5-7H,3-4H2,1-2H3,(H,17,20)/b11-7+.